The summed E-state index contributed by atoms with van der Waals surface area (Å²) in [4.78, 5) is 11.7. The Hall–Kier alpha value is -0.330. The van der Waals surface area contributed by atoms with Gasteiger partial charge in [-0.05, 0) is 11.8 Å². The summed E-state index contributed by atoms with van der Waals surface area (Å²) in [6.07, 6.45) is 2.92. The van der Waals surface area contributed by atoms with Crippen molar-refractivity contribution in [1.29, 1.82) is 0 Å². The molecule has 0 aliphatic rings. The van der Waals surface area contributed by atoms with E-state index < -0.39 is 0 Å². The van der Waals surface area contributed by atoms with Crippen LogP contribution in [0.15, 0.2) is 0 Å². The maximum absolute atomic E-state index is 11.7. The Kier molecular flexibility index (Phi) is 6.02. The Morgan fingerprint density at radius 2 is 1.38 bits per heavy atom. The summed E-state index contributed by atoms with van der Waals surface area (Å²) in [6.45, 7) is 10.7. The van der Waals surface area contributed by atoms with Crippen LogP contribution in [-0.2, 0) is 4.79 Å². The second-order valence-corrected chi connectivity index (χ2v) is 4.12. The van der Waals surface area contributed by atoms with Crippen molar-refractivity contribution < 1.29 is 4.79 Å². The van der Waals surface area contributed by atoms with E-state index in [9.17, 15) is 4.79 Å². The van der Waals surface area contributed by atoms with Crippen LogP contribution in [0.5, 0.6) is 0 Å². The first-order valence-electron chi connectivity index (χ1n) is 5.61. The Balaban J connectivity index is 4.44. The lowest BCUT2D eigenvalue weighted by Crippen LogP contribution is -2.27. The summed E-state index contributed by atoms with van der Waals surface area (Å²) in [7, 11) is 0. The smallest absolute Gasteiger partial charge is 0.136 e. The molecule has 0 rings (SSSR count). The standard InChI is InChI=1S/C12H24O/c1-6-9(4)12(10(5)7-2)11(13)8-3/h9-10,12H,6-8H2,1-5H3. The molecular weight excluding hydrogens is 160 g/mol. The van der Waals surface area contributed by atoms with Crippen molar-refractivity contribution in [3.8, 4) is 0 Å². The fourth-order valence-corrected chi connectivity index (χ4v) is 1.94. The van der Waals surface area contributed by atoms with Crippen LogP contribution in [0, 0.1) is 17.8 Å². The van der Waals surface area contributed by atoms with E-state index in [1.165, 1.54) is 0 Å². The van der Waals surface area contributed by atoms with Crippen molar-refractivity contribution >= 4 is 5.78 Å². The van der Waals surface area contributed by atoms with E-state index >= 15 is 0 Å². The predicted octanol–water partition coefficient (Wildman–Crippen LogP) is 3.67. The lowest BCUT2D eigenvalue weighted by Gasteiger charge is -2.26. The Morgan fingerprint density at radius 3 is 1.62 bits per heavy atom. The van der Waals surface area contributed by atoms with Gasteiger partial charge in [-0.1, -0.05) is 47.5 Å². The van der Waals surface area contributed by atoms with E-state index in [1.54, 1.807) is 0 Å². The molecule has 0 fully saturated rings. The van der Waals surface area contributed by atoms with Gasteiger partial charge in [0.15, 0.2) is 0 Å². The average molecular weight is 184 g/mol. The summed E-state index contributed by atoms with van der Waals surface area (Å²) in [6, 6.07) is 0. The number of hydrogen-bond acceptors (Lipinski definition) is 1. The van der Waals surface area contributed by atoms with Gasteiger partial charge in [0.05, 0.1) is 0 Å². The van der Waals surface area contributed by atoms with Gasteiger partial charge in [-0.2, -0.15) is 0 Å². The maximum Gasteiger partial charge on any atom is 0.136 e. The second-order valence-electron chi connectivity index (χ2n) is 4.12. The summed E-state index contributed by atoms with van der Waals surface area (Å²) < 4.78 is 0. The molecule has 0 amide bonds. The number of Topliss-reactive ketones (excluding diaryl/α,β-unsaturated/α-hetero) is 1. The fourth-order valence-electron chi connectivity index (χ4n) is 1.94. The van der Waals surface area contributed by atoms with Crippen molar-refractivity contribution in [2.75, 3.05) is 0 Å². The van der Waals surface area contributed by atoms with E-state index in [-0.39, 0.29) is 0 Å². The molecule has 0 saturated heterocycles. The summed E-state index contributed by atoms with van der Waals surface area (Å²) >= 11 is 0. The highest BCUT2D eigenvalue weighted by Crippen LogP contribution is 2.27. The third-order valence-corrected chi connectivity index (χ3v) is 3.23. The van der Waals surface area contributed by atoms with Gasteiger partial charge < -0.3 is 0 Å². The molecule has 78 valence electrons. The highest BCUT2D eigenvalue weighted by Gasteiger charge is 2.26. The van der Waals surface area contributed by atoms with Gasteiger partial charge in [-0.3, -0.25) is 4.79 Å². The summed E-state index contributed by atoms with van der Waals surface area (Å²) in [5, 5.41) is 0. The highest BCUT2D eigenvalue weighted by molar-refractivity contribution is 5.81. The first kappa shape index (κ1) is 12.7. The molecule has 2 unspecified atom stereocenters. The minimum Gasteiger partial charge on any atom is -0.299 e. The van der Waals surface area contributed by atoms with E-state index in [0.29, 0.717) is 30.0 Å². The molecule has 1 heteroatoms. The first-order chi connectivity index (χ1) is 6.08. The van der Waals surface area contributed by atoms with Gasteiger partial charge >= 0.3 is 0 Å². The number of rotatable bonds is 6. The van der Waals surface area contributed by atoms with Crippen LogP contribution < -0.4 is 0 Å². The van der Waals surface area contributed by atoms with Crippen LogP contribution >= 0.6 is 0 Å². The molecule has 1 nitrogen and oxygen atoms in total. The van der Waals surface area contributed by atoms with Crippen molar-refractivity contribution in [3.05, 3.63) is 0 Å². The molecule has 0 aromatic carbocycles. The molecular formula is C12H24O. The van der Waals surface area contributed by atoms with Gasteiger partial charge in [0.1, 0.15) is 5.78 Å². The zero-order valence-electron chi connectivity index (χ0n) is 9.76. The van der Waals surface area contributed by atoms with Crippen molar-refractivity contribution in [3.63, 3.8) is 0 Å². The van der Waals surface area contributed by atoms with Gasteiger partial charge in [0.25, 0.3) is 0 Å². The van der Waals surface area contributed by atoms with Crippen molar-refractivity contribution in [2.24, 2.45) is 17.8 Å². The monoisotopic (exact) mass is 184 g/mol. The van der Waals surface area contributed by atoms with Crippen LogP contribution in [0.3, 0.4) is 0 Å². The third kappa shape index (κ3) is 3.50. The number of hydrogen-bond donors (Lipinski definition) is 0. The molecule has 0 heterocycles. The number of carbonyl (C=O) groups excluding carboxylic acids is 1. The minimum absolute atomic E-state index is 0.292. The van der Waals surface area contributed by atoms with Gasteiger partial charge in [-0.15, -0.1) is 0 Å². The fraction of sp³-hybridized carbons (Fsp3) is 0.917. The molecule has 0 saturated carbocycles. The Bertz CT molecular complexity index is 141. The lowest BCUT2D eigenvalue weighted by atomic mass is 9.77. The zero-order valence-corrected chi connectivity index (χ0v) is 9.76. The molecule has 13 heavy (non-hydrogen) atoms. The molecule has 0 aliphatic carbocycles. The van der Waals surface area contributed by atoms with E-state index in [2.05, 4.69) is 27.7 Å². The molecule has 0 aliphatic heterocycles. The van der Waals surface area contributed by atoms with Crippen LogP contribution in [0.2, 0.25) is 0 Å². The maximum atomic E-state index is 11.7. The zero-order chi connectivity index (χ0) is 10.4. The third-order valence-electron chi connectivity index (χ3n) is 3.23. The predicted molar refractivity (Wildman–Crippen MR) is 57.7 cm³/mol. The summed E-state index contributed by atoms with van der Waals surface area (Å²) in [5.74, 6) is 1.83. The first-order valence-corrected chi connectivity index (χ1v) is 5.61. The Labute approximate surface area is 82.9 Å². The minimum atomic E-state index is 0.292. The normalized spacial score (nSPS) is 17.9. The molecule has 0 radical (unpaired) electrons. The van der Waals surface area contributed by atoms with E-state index in [0.717, 1.165) is 12.8 Å². The second kappa shape index (κ2) is 6.17. The molecule has 0 N–H and O–H groups in total. The molecule has 0 aromatic rings. The molecule has 0 aromatic heterocycles. The SMILES string of the molecule is CCC(=O)C(C(C)CC)C(C)CC. The van der Waals surface area contributed by atoms with Gasteiger partial charge in [0, 0.05) is 12.3 Å². The quantitative estimate of drug-likeness (QED) is 0.615. The topological polar surface area (TPSA) is 17.1 Å². The molecule has 0 spiro atoms. The van der Waals surface area contributed by atoms with E-state index in [4.69, 9.17) is 0 Å². The van der Waals surface area contributed by atoms with Crippen LogP contribution in [0.4, 0.5) is 0 Å². The van der Waals surface area contributed by atoms with Crippen LogP contribution in [0.1, 0.15) is 53.9 Å². The lowest BCUT2D eigenvalue weighted by molar-refractivity contribution is -0.125. The molecule has 2 atom stereocenters. The number of carbonyl (C=O) groups is 1. The average Bonchev–Trinajstić information content (AvgIpc) is 2.16. The van der Waals surface area contributed by atoms with Crippen LogP contribution in [-0.4, -0.2) is 5.78 Å². The van der Waals surface area contributed by atoms with Crippen molar-refractivity contribution in [1.82, 2.24) is 0 Å². The number of ketones is 1. The van der Waals surface area contributed by atoms with Crippen molar-refractivity contribution in [2.45, 2.75) is 53.9 Å². The Morgan fingerprint density at radius 1 is 1.00 bits per heavy atom. The van der Waals surface area contributed by atoms with Gasteiger partial charge in [-0.25, -0.2) is 0 Å². The van der Waals surface area contributed by atoms with Crippen LogP contribution in [0.25, 0.3) is 0 Å². The molecule has 0 bridgehead atoms. The summed E-state index contributed by atoms with van der Waals surface area (Å²) in [5.41, 5.74) is 0. The van der Waals surface area contributed by atoms with Gasteiger partial charge in [0.2, 0.25) is 0 Å². The largest absolute Gasteiger partial charge is 0.299 e. The van der Waals surface area contributed by atoms with E-state index in [1.807, 2.05) is 6.92 Å². The highest BCUT2D eigenvalue weighted by atomic mass is 16.1.